The number of hydrogen-bond donors (Lipinski definition) is 1. The van der Waals surface area contributed by atoms with Gasteiger partial charge in [-0.3, -0.25) is 0 Å². The Kier molecular flexibility index (Phi) is 4.42. The van der Waals surface area contributed by atoms with Crippen molar-refractivity contribution in [1.29, 1.82) is 0 Å². The minimum atomic E-state index is 0.178. The number of nitrogens with one attached hydrogen (secondary N) is 1. The molecule has 0 spiro atoms. The van der Waals surface area contributed by atoms with E-state index in [1.165, 1.54) is 54.1 Å². The lowest BCUT2D eigenvalue weighted by Crippen LogP contribution is -2.47. The molecule has 2 fully saturated rings. The molecule has 3 heteroatoms. The first kappa shape index (κ1) is 15.5. The molecule has 0 amide bonds. The molecule has 3 rings (SSSR count). The molecule has 2 atom stereocenters. The van der Waals surface area contributed by atoms with E-state index in [1.54, 1.807) is 0 Å². The SMILES string of the molecule is CCc1nc(C2(NC3CC3)CCCC(C(C)C)C2)sc1C. The van der Waals surface area contributed by atoms with E-state index >= 15 is 0 Å². The molecule has 1 heterocycles. The van der Waals surface area contributed by atoms with Gasteiger partial charge >= 0.3 is 0 Å². The summed E-state index contributed by atoms with van der Waals surface area (Å²) in [6.45, 7) is 9.25. The van der Waals surface area contributed by atoms with Crippen molar-refractivity contribution in [1.82, 2.24) is 10.3 Å². The summed E-state index contributed by atoms with van der Waals surface area (Å²) in [5, 5.41) is 5.40. The highest BCUT2D eigenvalue weighted by molar-refractivity contribution is 7.11. The molecule has 2 aliphatic carbocycles. The number of nitrogens with zero attached hydrogens (tertiary/aromatic N) is 1. The van der Waals surface area contributed by atoms with E-state index in [4.69, 9.17) is 4.98 Å². The van der Waals surface area contributed by atoms with Crippen LogP contribution in [0.25, 0.3) is 0 Å². The molecule has 0 bridgehead atoms. The van der Waals surface area contributed by atoms with Crippen LogP contribution in [0.1, 0.15) is 74.9 Å². The van der Waals surface area contributed by atoms with Crippen LogP contribution in [0.15, 0.2) is 0 Å². The molecule has 1 aromatic rings. The van der Waals surface area contributed by atoms with Gasteiger partial charge in [0.15, 0.2) is 0 Å². The maximum atomic E-state index is 5.05. The zero-order valence-corrected chi connectivity index (χ0v) is 14.9. The van der Waals surface area contributed by atoms with Gasteiger partial charge < -0.3 is 5.32 Å². The zero-order valence-electron chi connectivity index (χ0n) is 14.0. The number of aromatic nitrogens is 1. The average molecular weight is 307 g/mol. The Hall–Kier alpha value is -0.410. The van der Waals surface area contributed by atoms with Crippen molar-refractivity contribution in [2.75, 3.05) is 0 Å². The standard InChI is InChI=1S/C18H30N2S/c1-5-16-13(4)21-17(19-16)18(20-15-8-9-15)10-6-7-14(11-18)12(2)3/h12,14-15,20H,5-11H2,1-4H3. The summed E-state index contributed by atoms with van der Waals surface area (Å²) in [4.78, 5) is 6.48. The van der Waals surface area contributed by atoms with E-state index in [0.717, 1.165) is 24.3 Å². The van der Waals surface area contributed by atoms with Gasteiger partial charge in [-0.1, -0.05) is 33.6 Å². The van der Waals surface area contributed by atoms with Crippen LogP contribution >= 0.6 is 11.3 Å². The van der Waals surface area contributed by atoms with Crippen molar-refractivity contribution in [3.05, 3.63) is 15.6 Å². The first-order valence-electron chi connectivity index (χ1n) is 8.78. The Morgan fingerprint density at radius 1 is 1.33 bits per heavy atom. The molecule has 0 radical (unpaired) electrons. The van der Waals surface area contributed by atoms with Crippen LogP contribution in [0.5, 0.6) is 0 Å². The third-order valence-electron chi connectivity index (χ3n) is 5.43. The normalized spacial score (nSPS) is 30.0. The second-order valence-corrected chi connectivity index (χ2v) is 8.68. The second kappa shape index (κ2) is 6.00. The predicted octanol–water partition coefficient (Wildman–Crippen LogP) is 4.81. The zero-order chi connectivity index (χ0) is 15.0. The average Bonchev–Trinajstić information content (AvgIpc) is 3.18. The van der Waals surface area contributed by atoms with Crippen LogP contribution in [0, 0.1) is 18.8 Å². The van der Waals surface area contributed by atoms with Crippen molar-refractivity contribution in [3.63, 3.8) is 0 Å². The largest absolute Gasteiger partial charge is 0.303 e. The molecule has 0 saturated heterocycles. The minimum Gasteiger partial charge on any atom is -0.303 e. The number of thiazole rings is 1. The molecule has 2 aliphatic rings. The topological polar surface area (TPSA) is 24.9 Å². The predicted molar refractivity (Wildman–Crippen MR) is 90.9 cm³/mol. The summed E-state index contributed by atoms with van der Waals surface area (Å²) in [5.74, 6) is 1.64. The monoisotopic (exact) mass is 306 g/mol. The fourth-order valence-electron chi connectivity index (χ4n) is 3.85. The first-order chi connectivity index (χ1) is 10.0. The Labute approximate surface area is 133 Å². The van der Waals surface area contributed by atoms with Crippen LogP contribution in [0.4, 0.5) is 0 Å². The van der Waals surface area contributed by atoms with Crippen LogP contribution in [-0.4, -0.2) is 11.0 Å². The van der Waals surface area contributed by atoms with E-state index in [9.17, 15) is 0 Å². The Morgan fingerprint density at radius 2 is 2.10 bits per heavy atom. The summed E-state index contributed by atoms with van der Waals surface area (Å²) in [6, 6.07) is 0.755. The fourth-order valence-corrected chi connectivity index (χ4v) is 5.05. The Morgan fingerprint density at radius 3 is 2.67 bits per heavy atom. The summed E-state index contributed by atoms with van der Waals surface area (Å²) in [6.07, 6.45) is 9.10. The molecule has 2 saturated carbocycles. The van der Waals surface area contributed by atoms with Gasteiger partial charge in [0.05, 0.1) is 11.2 Å². The molecule has 1 N–H and O–H groups in total. The molecule has 0 aromatic carbocycles. The van der Waals surface area contributed by atoms with Crippen molar-refractivity contribution >= 4 is 11.3 Å². The summed E-state index contributed by atoms with van der Waals surface area (Å²) < 4.78 is 0. The van der Waals surface area contributed by atoms with Gasteiger partial charge in [0.25, 0.3) is 0 Å². The molecule has 118 valence electrons. The smallest absolute Gasteiger partial charge is 0.113 e. The highest BCUT2D eigenvalue weighted by atomic mass is 32.1. The van der Waals surface area contributed by atoms with Gasteiger partial charge in [0, 0.05) is 10.9 Å². The molecular weight excluding hydrogens is 276 g/mol. The van der Waals surface area contributed by atoms with Gasteiger partial charge in [0.2, 0.25) is 0 Å². The van der Waals surface area contributed by atoms with Crippen molar-refractivity contribution in [3.8, 4) is 0 Å². The van der Waals surface area contributed by atoms with Crippen LogP contribution in [-0.2, 0) is 12.0 Å². The summed E-state index contributed by atoms with van der Waals surface area (Å²) in [7, 11) is 0. The van der Waals surface area contributed by atoms with E-state index in [2.05, 4.69) is 33.0 Å². The molecule has 2 unspecified atom stereocenters. The lowest BCUT2D eigenvalue weighted by atomic mass is 9.72. The second-order valence-electron chi connectivity index (χ2n) is 7.48. The van der Waals surface area contributed by atoms with Crippen molar-refractivity contribution < 1.29 is 0 Å². The van der Waals surface area contributed by atoms with E-state index in [-0.39, 0.29) is 5.54 Å². The quantitative estimate of drug-likeness (QED) is 0.844. The highest BCUT2D eigenvalue weighted by Gasteiger charge is 2.44. The van der Waals surface area contributed by atoms with E-state index < -0.39 is 0 Å². The van der Waals surface area contributed by atoms with Crippen LogP contribution in [0.2, 0.25) is 0 Å². The maximum Gasteiger partial charge on any atom is 0.113 e. The lowest BCUT2D eigenvalue weighted by molar-refractivity contribution is 0.145. The summed E-state index contributed by atoms with van der Waals surface area (Å²) >= 11 is 1.95. The molecule has 1 aromatic heterocycles. The first-order valence-corrected chi connectivity index (χ1v) is 9.60. The van der Waals surface area contributed by atoms with Gasteiger partial charge in [-0.25, -0.2) is 4.98 Å². The van der Waals surface area contributed by atoms with E-state index in [1.807, 2.05) is 11.3 Å². The third kappa shape index (κ3) is 3.19. The fraction of sp³-hybridized carbons (Fsp3) is 0.833. The van der Waals surface area contributed by atoms with Gasteiger partial charge in [-0.2, -0.15) is 0 Å². The molecule has 21 heavy (non-hydrogen) atoms. The number of rotatable bonds is 5. The van der Waals surface area contributed by atoms with Crippen molar-refractivity contribution in [2.24, 2.45) is 11.8 Å². The molecule has 2 nitrogen and oxygen atoms in total. The van der Waals surface area contributed by atoms with Gasteiger partial charge in [0.1, 0.15) is 5.01 Å². The highest BCUT2D eigenvalue weighted by Crippen LogP contribution is 2.46. The van der Waals surface area contributed by atoms with Gasteiger partial charge in [-0.15, -0.1) is 11.3 Å². The van der Waals surface area contributed by atoms with Crippen LogP contribution < -0.4 is 5.32 Å². The third-order valence-corrected chi connectivity index (χ3v) is 6.64. The van der Waals surface area contributed by atoms with Crippen molar-refractivity contribution in [2.45, 2.75) is 84.2 Å². The molecule has 0 aliphatic heterocycles. The van der Waals surface area contributed by atoms with E-state index in [0.29, 0.717) is 0 Å². The minimum absolute atomic E-state index is 0.178. The summed E-state index contributed by atoms with van der Waals surface area (Å²) in [5.41, 5.74) is 1.50. The lowest BCUT2D eigenvalue weighted by Gasteiger charge is -2.42. The maximum absolute atomic E-state index is 5.05. The Balaban J connectivity index is 1.91. The number of aryl methyl sites for hydroxylation is 2. The van der Waals surface area contributed by atoms with Gasteiger partial charge in [-0.05, 0) is 50.9 Å². The number of hydrogen-bond acceptors (Lipinski definition) is 3. The Bertz CT molecular complexity index is 489. The van der Waals surface area contributed by atoms with Crippen LogP contribution in [0.3, 0.4) is 0 Å². The molecular formula is C18H30N2S.